The van der Waals surface area contributed by atoms with Gasteiger partial charge in [-0.25, -0.2) is 8.42 Å². The van der Waals surface area contributed by atoms with Gasteiger partial charge >= 0.3 is 0 Å². The van der Waals surface area contributed by atoms with E-state index in [1.807, 2.05) is 13.8 Å². The van der Waals surface area contributed by atoms with Gasteiger partial charge in [-0.05, 0) is 55.4 Å². The quantitative estimate of drug-likeness (QED) is 0.618. The molecule has 0 bridgehead atoms. The second kappa shape index (κ2) is 10.6. The maximum Gasteiger partial charge on any atom is 0.241 e. The topological polar surface area (TPSA) is 104 Å². The first kappa shape index (κ1) is 23.7. The van der Waals surface area contributed by atoms with Crippen LogP contribution < -0.4 is 15.4 Å². The Morgan fingerprint density at radius 3 is 2.39 bits per heavy atom. The molecule has 172 valence electrons. The van der Waals surface area contributed by atoms with Gasteiger partial charge in [0.25, 0.3) is 0 Å². The summed E-state index contributed by atoms with van der Waals surface area (Å²) in [5.41, 5.74) is 1.46. The zero-order valence-electron chi connectivity index (χ0n) is 18.6. The first-order valence-electron chi connectivity index (χ1n) is 11.5. The Labute approximate surface area is 185 Å². The molecule has 0 radical (unpaired) electrons. The van der Waals surface area contributed by atoms with Gasteiger partial charge in [0, 0.05) is 18.2 Å². The molecule has 1 heterocycles. The van der Waals surface area contributed by atoms with Crippen LogP contribution >= 0.6 is 0 Å². The van der Waals surface area contributed by atoms with Gasteiger partial charge in [-0.2, -0.15) is 4.72 Å². The molecule has 0 unspecified atom stereocenters. The monoisotopic (exact) mass is 449 g/mol. The van der Waals surface area contributed by atoms with Crippen molar-refractivity contribution in [3.8, 4) is 0 Å². The number of carbonyl (C=O) groups excluding carboxylic acids is 2. The first-order chi connectivity index (χ1) is 14.8. The van der Waals surface area contributed by atoms with Gasteiger partial charge in [-0.3, -0.25) is 9.59 Å². The number of anilines is 1. The minimum atomic E-state index is -3.89. The number of carbonyl (C=O) groups is 2. The Morgan fingerprint density at radius 2 is 1.71 bits per heavy atom. The second-order valence-electron chi connectivity index (χ2n) is 9.11. The summed E-state index contributed by atoms with van der Waals surface area (Å²) in [6.45, 7) is 3.69. The van der Waals surface area contributed by atoms with E-state index in [1.54, 1.807) is 12.1 Å². The normalized spacial score (nSPS) is 19.5. The fourth-order valence-corrected chi connectivity index (χ4v) is 5.73. The zero-order valence-corrected chi connectivity index (χ0v) is 19.4. The summed E-state index contributed by atoms with van der Waals surface area (Å²) >= 11 is 0. The lowest BCUT2D eigenvalue weighted by Crippen LogP contribution is -2.52. The molecule has 1 aliphatic carbocycles. The molecule has 1 atom stereocenters. The molecule has 3 N–H and O–H groups in total. The van der Waals surface area contributed by atoms with Crippen LogP contribution in [0.2, 0.25) is 0 Å². The van der Waals surface area contributed by atoms with E-state index in [1.165, 1.54) is 25.3 Å². The molecule has 1 aromatic rings. The smallest absolute Gasteiger partial charge is 0.241 e. The van der Waals surface area contributed by atoms with Crippen LogP contribution in [-0.4, -0.2) is 32.3 Å². The number of hydrogen-bond donors (Lipinski definition) is 3. The van der Waals surface area contributed by atoms with E-state index in [-0.39, 0.29) is 28.7 Å². The summed E-state index contributed by atoms with van der Waals surface area (Å²) in [6.07, 6.45) is 9.42. The molecule has 7 nitrogen and oxygen atoms in total. The van der Waals surface area contributed by atoms with Crippen LogP contribution in [0.1, 0.15) is 77.2 Å². The van der Waals surface area contributed by atoms with Crippen LogP contribution in [0.5, 0.6) is 0 Å². The summed E-state index contributed by atoms with van der Waals surface area (Å²) in [5, 5.41) is 5.91. The highest BCUT2D eigenvalue weighted by Crippen LogP contribution is 2.25. The van der Waals surface area contributed by atoms with Crippen molar-refractivity contribution < 1.29 is 18.0 Å². The number of aryl methyl sites for hydroxylation is 1. The number of hydrogen-bond acceptors (Lipinski definition) is 4. The van der Waals surface area contributed by atoms with Gasteiger partial charge in [0.2, 0.25) is 21.8 Å². The number of nitrogens with one attached hydrogen (secondary N) is 3. The summed E-state index contributed by atoms with van der Waals surface area (Å²) < 4.78 is 28.8. The largest absolute Gasteiger partial charge is 0.352 e. The van der Waals surface area contributed by atoms with Gasteiger partial charge in [0.15, 0.2) is 0 Å². The summed E-state index contributed by atoms with van der Waals surface area (Å²) in [4.78, 5) is 24.8. The van der Waals surface area contributed by atoms with Crippen LogP contribution in [0.3, 0.4) is 0 Å². The molecule has 1 fully saturated rings. The Bertz CT molecular complexity index is 890. The third-order valence-electron chi connectivity index (χ3n) is 6.19. The third-order valence-corrected chi connectivity index (χ3v) is 7.63. The molecule has 3 rings (SSSR count). The first-order valence-corrected chi connectivity index (χ1v) is 13.0. The molecular weight excluding hydrogens is 414 g/mol. The van der Waals surface area contributed by atoms with Gasteiger partial charge in [-0.1, -0.05) is 46.0 Å². The van der Waals surface area contributed by atoms with E-state index < -0.39 is 16.1 Å². The van der Waals surface area contributed by atoms with Gasteiger partial charge < -0.3 is 10.6 Å². The molecule has 0 saturated heterocycles. The number of sulfonamides is 1. The third kappa shape index (κ3) is 6.53. The van der Waals surface area contributed by atoms with Crippen LogP contribution in [0.25, 0.3) is 0 Å². The molecule has 31 heavy (non-hydrogen) atoms. The molecule has 8 heteroatoms. The lowest BCUT2D eigenvalue weighted by Gasteiger charge is -2.26. The van der Waals surface area contributed by atoms with Crippen molar-refractivity contribution in [3.05, 3.63) is 23.8 Å². The van der Waals surface area contributed by atoms with Crippen LogP contribution in [0, 0.1) is 5.92 Å². The van der Waals surface area contributed by atoms with E-state index in [4.69, 9.17) is 0 Å². The van der Waals surface area contributed by atoms with E-state index in [0.29, 0.717) is 24.9 Å². The van der Waals surface area contributed by atoms with Crippen molar-refractivity contribution in [1.82, 2.24) is 10.0 Å². The Kier molecular flexibility index (Phi) is 8.11. The SMILES string of the molecule is CC(C)[C@@H](NS(=O)(=O)c1ccc2c(c1)CCCC(=O)N2)C(=O)NC1CCCCCCC1. The maximum absolute atomic E-state index is 13.1. The van der Waals surface area contributed by atoms with Crippen molar-refractivity contribution in [1.29, 1.82) is 0 Å². The molecule has 2 aliphatic rings. The average Bonchev–Trinajstić information content (AvgIpc) is 2.87. The van der Waals surface area contributed by atoms with Gasteiger partial charge in [0.05, 0.1) is 4.90 Å². The Hall–Kier alpha value is -1.93. The fourth-order valence-electron chi connectivity index (χ4n) is 4.34. The van der Waals surface area contributed by atoms with Gasteiger partial charge in [-0.15, -0.1) is 0 Å². The zero-order chi connectivity index (χ0) is 22.4. The molecular formula is C23H35N3O4S. The van der Waals surface area contributed by atoms with Crippen molar-refractivity contribution in [2.75, 3.05) is 5.32 Å². The minimum Gasteiger partial charge on any atom is -0.352 e. The van der Waals surface area contributed by atoms with E-state index in [0.717, 1.165) is 31.2 Å². The molecule has 0 aromatic heterocycles. The standard InChI is InChI=1S/C23H35N3O4S/c1-16(2)22(23(28)24-18-10-6-4-3-5-7-11-18)26-31(29,30)19-13-14-20-17(15-19)9-8-12-21(27)25-20/h13-16,18,22,26H,3-12H2,1-2H3,(H,24,28)(H,25,27)/t22-/m1/s1. The summed E-state index contributed by atoms with van der Waals surface area (Å²) in [7, 11) is -3.89. The number of fused-ring (bicyclic) bond motifs is 1. The number of amides is 2. The highest BCUT2D eigenvalue weighted by molar-refractivity contribution is 7.89. The Morgan fingerprint density at radius 1 is 1.03 bits per heavy atom. The predicted molar refractivity (Wildman–Crippen MR) is 121 cm³/mol. The van der Waals surface area contributed by atoms with E-state index in [2.05, 4.69) is 15.4 Å². The van der Waals surface area contributed by atoms with Crippen LogP contribution in [-0.2, 0) is 26.0 Å². The number of benzene rings is 1. The highest BCUT2D eigenvalue weighted by atomic mass is 32.2. The van der Waals surface area contributed by atoms with Crippen molar-refractivity contribution in [2.45, 2.75) is 95.0 Å². The minimum absolute atomic E-state index is 0.0572. The van der Waals surface area contributed by atoms with Crippen LogP contribution in [0.4, 0.5) is 5.69 Å². The Balaban J connectivity index is 1.73. The summed E-state index contributed by atoms with van der Waals surface area (Å²) in [5.74, 6) is -0.507. The summed E-state index contributed by atoms with van der Waals surface area (Å²) in [6, 6.07) is 3.99. The molecule has 2 amide bonds. The second-order valence-corrected chi connectivity index (χ2v) is 10.8. The average molecular weight is 450 g/mol. The van der Waals surface area contributed by atoms with Gasteiger partial charge in [0.1, 0.15) is 6.04 Å². The highest BCUT2D eigenvalue weighted by Gasteiger charge is 2.30. The lowest BCUT2D eigenvalue weighted by molar-refractivity contribution is -0.124. The molecule has 0 spiro atoms. The van der Waals surface area contributed by atoms with Crippen molar-refractivity contribution >= 4 is 27.5 Å². The number of rotatable bonds is 6. The maximum atomic E-state index is 13.1. The van der Waals surface area contributed by atoms with Crippen molar-refractivity contribution in [2.24, 2.45) is 5.92 Å². The van der Waals surface area contributed by atoms with E-state index in [9.17, 15) is 18.0 Å². The molecule has 1 saturated carbocycles. The molecule has 1 aliphatic heterocycles. The molecule has 1 aromatic carbocycles. The lowest BCUT2D eigenvalue weighted by atomic mass is 9.96. The van der Waals surface area contributed by atoms with E-state index >= 15 is 0 Å². The van der Waals surface area contributed by atoms with Crippen molar-refractivity contribution in [3.63, 3.8) is 0 Å². The fraction of sp³-hybridized carbons (Fsp3) is 0.652. The van der Waals surface area contributed by atoms with Crippen LogP contribution in [0.15, 0.2) is 23.1 Å². The predicted octanol–water partition coefficient (Wildman–Crippen LogP) is 3.49.